The van der Waals surface area contributed by atoms with Crippen molar-refractivity contribution in [1.82, 2.24) is 4.98 Å². The predicted octanol–water partition coefficient (Wildman–Crippen LogP) is 3.45. The number of nitrogens with zero attached hydrogens (tertiary/aromatic N) is 1. The molecular weight excluding hydrogens is 290 g/mol. The van der Waals surface area contributed by atoms with E-state index in [-0.39, 0.29) is 16.8 Å². The van der Waals surface area contributed by atoms with E-state index < -0.39 is 18.3 Å². The van der Waals surface area contributed by atoms with Crippen LogP contribution in [0.25, 0.3) is 0 Å². The number of anilines is 1. The Hall–Kier alpha value is -1.43. The van der Waals surface area contributed by atoms with E-state index in [4.69, 9.17) is 11.6 Å². The molecule has 1 fully saturated rings. The zero-order chi connectivity index (χ0) is 14.9. The fraction of sp³-hybridized carbons (Fsp3) is 0.538. The van der Waals surface area contributed by atoms with Gasteiger partial charge in [0.1, 0.15) is 10.7 Å². The van der Waals surface area contributed by atoms with E-state index in [1.54, 1.807) is 6.92 Å². The van der Waals surface area contributed by atoms with Gasteiger partial charge in [0.15, 0.2) is 0 Å². The second-order valence-electron chi connectivity index (χ2n) is 4.88. The monoisotopic (exact) mass is 304 g/mol. The first-order valence-corrected chi connectivity index (χ1v) is 6.77. The summed E-state index contributed by atoms with van der Waals surface area (Å²) < 4.78 is 24.9. The third-order valence-electron chi connectivity index (χ3n) is 3.50. The highest BCUT2D eigenvalue weighted by atomic mass is 35.5. The molecule has 0 atom stereocenters. The summed E-state index contributed by atoms with van der Waals surface area (Å²) in [6, 6.07) is 1.29. The number of carboxylic acid groups (broad SMARTS) is 1. The summed E-state index contributed by atoms with van der Waals surface area (Å²) in [7, 11) is 0. The Morgan fingerprint density at radius 3 is 2.75 bits per heavy atom. The maximum atomic E-state index is 12.4. The molecule has 2 N–H and O–H groups in total. The quantitative estimate of drug-likeness (QED) is 0.818. The number of aromatic carboxylic acids is 1. The zero-order valence-electron chi connectivity index (χ0n) is 10.9. The van der Waals surface area contributed by atoms with Gasteiger partial charge in [-0.2, -0.15) is 0 Å². The van der Waals surface area contributed by atoms with Crippen LogP contribution in [0, 0.1) is 5.92 Å². The summed E-state index contributed by atoms with van der Waals surface area (Å²) in [6.45, 7) is 1.78. The van der Waals surface area contributed by atoms with Gasteiger partial charge in [0.2, 0.25) is 6.43 Å². The second kappa shape index (κ2) is 5.91. The largest absolute Gasteiger partial charge is 0.478 e. The standard InChI is InChI=1S/C13H15ClF2N2O2/c1-2-8-11(13(19)20)9(5-10(14)18-8)17-7-3-6(4-7)12(15)16/h5-7,12H,2-4H2,1H3,(H,17,18)(H,19,20). The molecule has 0 spiro atoms. The lowest BCUT2D eigenvalue weighted by Gasteiger charge is -2.36. The smallest absolute Gasteiger partial charge is 0.339 e. The summed E-state index contributed by atoms with van der Waals surface area (Å²) in [5.41, 5.74) is 0.807. The molecule has 1 aliphatic rings. The number of hydrogen-bond acceptors (Lipinski definition) is 3. The second-order valence-corrected chi connectivity index (χ2v) is 5.27. The molecule has 110 valence electrons. The van der Waals surface area contributed by atoms with Crippen molar-refractivity contribution in [1.29, 1.82) is 0 Å². The molecule has 1 aromatic heterocycles. The van der Waals surface area contributed by atoms with E-state index in [2.05, 4.69) is 10.3 Å². The molecule has 20 heavy (non-hydrogen) atoms. The van der Waals surface area contributed by atoms with Crippen LogP contribution in [0.3, 0.4) is 0 Å². The van der Waals surface area contributed by atoms with Crippen LogP contribution in [0.15, 0.2) is 6.07 Å². The van der Waals surface area contributed by atoms with Gasteiger partial charge in [-0.3, -0.25) is 0 Å². The van der Waals surface area contributed by atoms with Crippen molar-refractivity contribution in [3.8, 4) is 0 Å². The van der Waals surface area contributed by atoms with Gasteiger partial charge in [-0.1, -0.05) is 18.5 Å². The van der Waals surface area contributed by atoms with Crippen molar-refractivity contribution in [2.45, 2.75) is 38.7 Å². The maximum absolute atomic E-state index is 12.4. The van der Waals surface area contributed by atoms with E-state index in [1.165, 1.54) is 6.07 Å². The van der Waals surface area contributed by atoms with Crippen LogP contribution >= 0.6 is 11.6 Å². The third kappa shape index (κ3) is 3.00. The molecule has 2 rings (SSSR count). The number of aryl methyl sites for hydroxylation is 1. The Morgan fingerprint density at radius 1 is 1.60 bits per heavy atom. The van der Waals surface area contributed by atoms with Gasteiger partial charge in [-0.15, -0.1) is 0 Å². The number of hydrogen-bond donors (Lipinski definition) is 2. The highest BCUT2D eigenvalue weighted by molar-refractivity contribution is 6.29. The molecule has 0 amide bonds. The van der Waals surface area contributed by atoms with E-state index in [9.17, 15) is 18.7 Å². The topological polar surface area (TPSA) is 62.2 Å². The summed E-state index contributed by atoms with van der Waals surface area (Å²) in [5, 5.41) is 12.5. The number of halogens is 3. The normalized spacial score (nSPS) is 21.6. The Morgan fingerprint density at radius 2 is 2.25 bits per heavy atom. The van der Waals surface area contributed by atoms with Gasteiger partial charge < -0.3 is 10.4 Å². The van der Waals surface area contributed by atoms with Gasteiger partial charge in [0.05, 0.1) is 11.4 Å². The molecule has 1 heterocycles. The first-order chi connectivity index (χ1) is 9.42. The van der Waals surface area contributed by atoms with Crippen LogP contribution in [-0.2, 0) is 6.42 Å². The van der Waals surface area contributed by atoms with Crippen molar-refractivity contribution in [3.05, 3.63) is 22.5 Å². The van der Waals surface area contributed by atoms with Crippen LogP contribution in [0.2, 0.25) is 5.15 Å². The first-order valence-electron chi connectivity index (χ1n) is 6.39. The summed E-state index contributed by atoms with van der Waals surface area (Å²) >= 11 is 5.87. The molecule has 4 nitrogen and oxygen atoms in total. The lowest BCUT2D eigenvalue weighted by Crippen LogP contribution is -2.39. The summed E-state index contributed by atoms with van der Waals surface area (Å²) in [6.07, 6.45) is -1.23. The highest BCUT2D eigenvalue weighted by Gasteiger charge is 2.36. The average molecular weight is 305 g/mol. The molecule has 1 saturated carbocycles. The van der Waals surface area contributed by atoms with Crippen LogP contribution < -0.4 is 5.32 Å². The molecule has 0 aliphatic heterocycles. The summed E-state index contributed by atoms with van der Waals surface area (Å²) in [5.74, 6) is -1.71. The summed E-state index contributed by atoms with van der Waals surface area (Å²) in [4.78, 5) is 15.3. The predicted molar refractivity (Wildman–Crippen MR) is 71.7 cm³/mol. The Kier molecular flexibility index (Phi) is 4.42. The van der Waals surface area contributed by atoms with Crippen molar-refractivity contribution in [3.63, 3.8) is 0 Å². The number of carboxylic acids is 1. The van der Waals surface area contributed by atoms with Gasteiger partial charge in [-0.25, -0.2) is 18.6 Å². The van der Waals surface area contributed by atoms with Gasteiger partial charge in [0.25, 0.3) is 0 Å². The van der Waals surface area contributed by atoms with Gasteiger partial charge in [-0.05, 0) is 25.3 Å². The molecule has 0 unspecified atom stereocenters. The Bertz CT molecular complexity index is 519. The molecule has 0 saturated heterocycles. The zero-order valence-corrected chi connectivity index (χ0v) is 11.6. The van der Waals surface area contributed by atoms with E-state index in [0.29, 0.717) is 30.6 Å². The Balaban J connectivity index is 2.19. The fourth-order valence-electron chi connectivity index (χ4n) is 2.38. The van der Waals surface area contributed by atoms with E-state index in [0.717, 1.165) is 0 Å². The number of rotatable bonds is 5. The van der Waals surface area contributed by atoms with Crippen molar-refractivity contribution >= 4 is 23.3 Å². The minimum Gasteiger partial charge on any atom is -0.478 e. The van der Waals surface area contributed by atoms with E-state index in [1.807, 2.05) is 0 Å². The SMILES string of the molecule is CCc1nc(Cl)cc(NC2CC(C(F)F)C2)c1C(=O)O. The molecule has 0 aromatic carbocycles. The first kappa shape index (κ1) is 15.0. The third-order valence-corrected chi connectivity index (χ3v) is 3.70. The maximum Gasteiger partial charge on any atom is 0.339 e. The van der Waals surface area contributed by atoms with Crippen molar-refractivity contribution < 1.29 is 18.7 Å². The highest BCUT2D eigenvalue weighted by Crippen LogP contribution is 2.36. The van der Waals surface area contributed by atoms with Crippen molar-refractivity contribution in [2.75, 3.05) is 5.32 Å². The van der Waals surface area contributed by atoms with Crippen LogP contribution in [0.4, 0.5) is 14.5 Å². The minimum absolute atomic E-state index is 0.0670. The van der Waals surface area contributed by atoms with Crippen LogP contribution in [0.1, 0.15) is 35.8 Å². The van der Waals surface area contributed by atoms with Crippen LogP contribution in [-0.4, -0.2) is 28.5 Å². The van der Waals surface area contributed by atoms with Gasteiger partial charge >= 0.3 is 5.97 Å². The van der Waals surface area contributed by atoms with E-state index >= 15 is 0 Å². The van der Waals surface area contributed by atoms with Crippen LogP contribution in [0.5, 0.6) is 0 Å². The number of nitrogens with one attached hydrogen (secondary N) is 1. The molecule has 1 aliphatic carbocycles. The average Bonchev–Trinajstić information content (AvgIpc) is 2.31. The fourth-order valence-corrected chi connectivity index (χ4v) is 2.59. The molecule has 0 bridgehead atoms. The number of alkyl halides is 2. The Labute approximate surface area is 120 Å². The lowest BCUT2D eigenvalue weighted by molar-refractivity contribution is 0.0280. The number of aromatic nitrogens is 1. The van der Waals surface area contributed by atoms with Gasteiger partial charge in [0, 0.05) is 12.0 Å². The minimum atomic E-state index is -2.32. The molecular formula is C13H15ClF2N2O2. The number of pyridine rings is 1. The van der Waals surface area contributed by atoms with Crippen molar-refractivity contribution in [2.24, 2.45) is 5.92 Å². The lowest BCUT2D eigenvalue weighted by atomic mass is 9.80. The molecule has 0 radical (unpaired) electrons. The molecule has 7 heteroatoms. The molecule has 1 aromatic rings. The number of carbonyl (C=O) groups is 1.